The highest BCUT2D eigenvalue weighted by molar-refractivity contribution is 8.13. The van der Waals surface area contributed by atoms with Gasteiger partial charge in [0.15, 0.2) is 22.8 Å². The van der Waals surface area contributed by atoms with Crippen molar-refractivity contribution in [3.8, 4) is 0 Å². The Morgan fingerprint density at radius 1 is 1.07 bits per heavy atom. The third-order valence-electron chi connectivity index (χ3n) is 7.60. The molecule has 2 aromatic rings. The first-order chi connectivity index (χ1) is 25.8. The number of carbonyl (C=O) groups excluding carboxylic acids is 4. The van der Waals surface area contributed by atoms with Crippen molar-refractivity contribution in [1.29, 1.82) is 0 Å². The number of hydrogen-bond donors (Lipinski definition) is 5. The number of aliphatic carboxylic acids is 1. The van der Waals surface area contributed by atoms with Gasteiger partial charge < -0.3 is 78.9 Å². The molecule has 0 aliphatic carbocycles. The van der Waals surface area contributed by atoms with Crippen LogP contribution in [0.2, 0.25) is 0 Å². The fourth-order valence-corrected chi connectivity index (χ4v) is 8.24. The number of hydrogen-bond acceptors (Lipinski definition) is 24. The van der Waals surface area contributed by atoms with Crippen LogP contribution in [0.5, 0.6) is 0 Å². The maximum atomic E-state index is 12.5. The van der Waals surface area contributed by atoms with E-state index in [2.05, 4.69) is 43.5 Å². The lowest BCUT2D eigenvalue weighted by atomic mass is 9.87. The number of carbonyl (C=O) groups is 4. The second-order valence-electron chi connectivity index (χ2n) is 12.6. The molecule has 1 aliphatic heterocycles. The van der Waals surface area contributed by atoms with Gasteiger partial charge in [0.2, 0.25) is 11.8 Å². The Hall–Kier alpha value is -2.97. The number of nitrogens with zero attached hydrogens (tertiary/aromatic N) is 4. The molecule has 2 aromatic heterocycles. The van der Waals surface area contributed by atoms with Gasteiger partial charge in [-0.15, -0.1) is 0 Å². The zero-order chi connectivity index (χ0) is 42.2. The number of fused-ring (bicyclic) bond motifs is 1. The molecule has 0 bridgehead atoms. The number of phosphoric ester groups is 3. The minimum atomic E-state index is -5.93. The summed E-state index contributed by atoms with van der Waals surface area (Å²) in [5, 5.41) is 36.2. The van der Waals surface area contributed by atoms with Crippen LogP contribution in [-0.4, -0.2) is 109 Å². The van der Waals surface area contributed by atoms with E-state index in [1.54, 1.807) is 0 Å². The standard InChI is InChI=1S/C26H42N7O19P3S/c1-13(8-16(35)36)25(40)56-7-6-28-15(34)4-5-29-23(39)20(38)26(2,3)10-49-55(46,47)52-54(44,45)48-9-14-19(51-53(41,42)43)18(37)24(50-14)33-12-32-17-21(27)30-11-31-22(17)33/h11-14,18-20,24,37-38H,4-10H2,1-3H3,(H,28,34)(H,29,39)(H,35,36)(H,44,45)(H,46,47)(H2,27,30,31)(H2,41,42,43)/p-5/t13?,14-,18-,19-,20+,24+/m1/s1. The SMILES string of the molecule is CC(CC(=O)[O-])C(=O)SCCNC(=O)CCNC(=O)[C@H](O)C(C)(C)COP(=O)([O-])OP(=O)([O-])OC[C@H]1O[C@H](n2cnc3c(N)ncnc32)[C@H](O)[C@@H]1OP(=O)([O-])[O-]. The van der Waals surface area contributed by atoms with Gasteiger partial charge in [-0.1, -0.05) is 32.5 Å². The lowest BCUT2D eigenvalue weighted by Crippen LogP contribution is -2.46. The number of thioether (sulfide) groups is 1. The minimum absolute atomic E-state index is 0.0315. The molecule has 3 rings (SSSR count). The van der Waals surface area contributed by atoms with E-state index in [1.165, 1.54) is 6.92 Å². The summed E-state index contributed by atoms with van der Waals surface area (Å²) in [6, 6.07) is 0. The Balaban J connectivity index is 1.49. The number of aromatic nitrogens is 4. The molecule has 3 unspecified atom stereocenters. The summed E-state index contributed by atoms with van der Waals surface area (Å²) in [7, 11) is -17.7. The maximum absolute atomic E-state index is 12.5. The number of phosphoric acid groups is 3. The third-order valence-corrected chi connectivity index (χ3v) is 11.7. The van der Waals surface area contributed by atoms with E-state index in [-0.39, 0.29) is 42.2 Å². The maximum Gasteiger partial charge on any atom is 0.274 e. The summed E-state index contributed by atoms with van der Waals surface area (Å²) in [6.07, 6.45) is -8.23. The van der Waals surface area contributed by atoms with Crippen molar-refractivity contribution in [3.63, 3.8) is 0 Å². The van der Waals surface area contributed by atoms with Gasteiger partial charge in [-0.2, -0.15) is 0 Å². The molecule has 56 heavy (non-hydrogen) atoms. The van der Waals surface area contributed by atoms with Crippen LogP contribution in [0.4, 0.5) is 5.82 Å². The van der Waals surface area contributed by atoms with Crippen LogP contribution >= 0.6 is 35.2 Å². The smallest absolute Gasteiger partial charge is 0.274 e. The van der Waals surface area contributed by atoms with Gasteiger partial charge >= 0.3 is 0 Å². The Bertz CT molecular complexity index is 1880. The molecule has 1 aliphatic rings. The van der Waals surface area contributed by atoms with Crippen LogP contribution in [0.25, 0.3) is 11.2 Å². The Morgan fingerprint density at radius 3 is 2.38 bits per heavy atom. The number of aliphatic hydroxyl groups excluding tert-OH is 2. The van der Waals surface area contributed by atoms with Crippen LogP contribution in [0.1, 0.15) is 39.8 Å². The van der Waals surface area contributed by atoms with Gasteiger partial charge in [0, 0.05) is 42.6 Å². The van der Waals surface area contributed by atoms with Crippen molar-refractivity contribution < 1.29 is 90.4 Å². The predicted molar refractivity (Wildman–Crippen MR) is 177 cm³/mol. The molecule has 6 N–H and O–H groups in total. The second-order valence-corrected chi connectivity index (χ2v) is 17.8. The molecule has 0 radical (unpaired) electrons. The number of nitrogen functional groups attached to an aromatic ring is 1. The molecule has 8 atom stereocenters. The molecule has 26 nitrogen and oxygen atoms in total. The predicted octanol–water partition coefficient (Wildman–Crippen LogP) is -5.09. The van der Waals surface area contributed by atoms with Gasteiger partial charge in [0.25, 0.3) is 15.6 Å². The van der Waals surface area contributed by atoms with Crippen LogP contribution < -0.4 is 41.0 Å². The van der Waals surface area contributed by atoms with Crippen LogP contribution in [0, 0.1) is 11.3 Å². The second kappa shape index (κ2) is 19.7. The highest BCUT2D eigenvalue weighted by Crippen LogP contribution is 2.56. The highest BCUT2D eigenvalue weighted by atomic mass is 32.2. The topological polar surface area (TPSA) is 415 Å². The average Bonchev–Trinajstić information content (AvgIpc) is 3.64. The molecule has 316 valence electrons. The molecule has 2 amide bonds. The van der Waals surface area contributed by atoms with Gasteiger partial charge in [0.05, 0.1) is 27.4 Å². The van der Waals surface area contributed by atoms with Crippen LogP contribution in [0.15, 0.2) is 12.7 Å². The number of imidazole rings is 1. The minimum Gasteiger partial charge on any atom is -0.790 e. The fourth-order valence-electron chi connectivity index (χ4n) is 4.73. The first-order valence-electron chi connectivity index (χ1n) is 16.0. The largest absolute Gasteiger partial charge is 0.790 e. The number of amides is 2. The summed E-state index contributed by atoms with van der Waals surface area (Å²) in [5.74, 6) is -3.71. The van der Waals surface area contributed by atoms with Crippen molar-refractivity contribution >= 4 is 75.1 Å². The fraction of sp³-hybridized carbons (Fsp3) is 0.654. The molecule has 0 spiro atoms. The van der Waals surface area contributed by atoms with E-state index >= 15 is 0 Å². The Kier molecular flexibility index (Phi) is 16.6. The molecule has 1 fully saturated rings. The summed E-state index contributed by atoms with van der Waals surface area (Å²) in [6.45, 7) is 1.19. The van der Waals surface area contributed by atoms with Crippen molar-refractivity contribution in [2.24, 2.45) is 11.3 Å². The first kappa shape index (κ1) is 47.4. The van der Waals surface area contributed by atoms with Gasteiger partial charge in [-0.3, -0.25) is 28.1 Å². The number of carboxylic acid groups (broad SMARTS) is 1. The van der Waals surface area contributed by atoms with Crippen LogP contribution in [-0.2, 0) is 55.5 Å². The first-order valence-corrected chi connectivity index (χ1v) is 21.4. The number of nitrogens with one attached hydrogen (secondary N) is 2. The molecule has 0 aromatic carbocycles. The van der Waals surface area contributed by atoms with E-state index in [1.807, 2.05) is 0 Å². The number of ether oxygens (including phenoxy) is 1. The lowest BCUT2D eigenvalue weighted by Gasteiger charge is -2.36. The molecule has 0 saturated carbocycles. The number of nitrogens with two attached hydrogens (primary N) is 1. The van der Waals surface area contributed by atoms with E-state index in [0.717, 1.165) is 42.8 Å². The van der Waals surface area contributed by atoms with Gasteiger partial charge in [-0.25, -0.2) is 19.3 Å². The number of aliphatic hydroxyl groups is 2. The zero-order valence-corrected chi connectivity index (χ0v) is 33.0. The van der Waals surface area contributed by atoms with E-state index < -0.39 is 108 Å². The zero-order valence-electron chi connectivity index (χ0n) is 29.5. The van der Waals surface area contributed by atoms with Gasteiger partial charge in [-0.05, 0) is 6.42 Å². The monoisotopic (exact) mass is 876 g/mol. The molecule has 1 saturated heterocycles. The number of anilines is 1. The summed E-state index contributed by atoms with van der Waals surface area (Å²) in [4.78, 5) is 106. The normalized spacial score (nSPS) is 22.2. The van der Waals surface area contributed by atoms with Crippen LogP contribution in [0.3, 0.4) is 0 Å². The van der Waals surface area contributed by atoms with E-state index in [0.29, 0.717) is 0 Å². The number of rotatable bonds is 22. The summed E-state index contributed by atoms with van der Waals surface area (Å²) >= 11 is 0.818. The average molecular weight is 877 g/mol. The Labute approximate surface area is 321 Å². The lowest BCUT2D eigenvalue weighted by molar-refractivity contribution is -0.347. The van der Waals surface area contributed by atoms with Gasteiger partial charge in [0.1, 0.15) is 36.3 Å². The third kappa shape index (κ3) is 14.1. The van der Waals surface area contributed by atoms with Crippen molar-refractivity contribution in [1.82, 2.24) is 30.2 Å². The quantitative estimate of drug-likeness (QED) is 0.0545. The van der Waals surface area contributed by atoms with E-state index in [9.17, 15) is 67.8 Å². The summed E-state index contributed by atoms with van der Waals surface area (Å²) in [5.41, 5.74) is 4.00. The molecular weight excluding hydrogens is 839 g/mol. The number of carboxylic acids is 1. The molecule has 30 heteroatoms. The van der Waals surface area contributed by atoms with Crippen molar-refractivity contribution in [2.75, 3.05) is 37.8 Å². The van der Waals surface area contributed by atoms with Crippen molar-refractivity contribution in [2.45, 2.75) is 64.3 Å². The van der Waals surface area contributed by atoms with Crippen molar-refractivity contribution in [3.05, 3.63) is 12.7 Å². The van der Waals surface area contributed by atoms with E-state index in [4.69, 9.17) is 10.5 Å². The Morgan fingerprint density at radius 2 is 1.73 bits per heavy atom. The highest BCUT2D eigenvalue weighted by Gasteiger charge is 2.47. The molecular formula is C26H37N7O19P3S-5. The summed E-state index contributed by atoms with van der Waals surface area (Å²) < 4.78 is 60.3. The molecule has 3 heterocycles.